The van der Waals surface area contributed by atoms with Crippen LogP contribution < -0.4 is 0 Å². The summed E-state index contributed by atoms with van der Waals surface area (Å²) in [6.45, 7) is 5.09. The van der Waals surface area contributed by atoms with Crippen molar-refractivity contribution < 1.29 is 26.3 Å². The van der Waals surface area contributed by atoms with Crippen molar-refractivity contribution in [3.63, 3.8) is 0 Å². The van der Waals surface area contributed by atoms with E-state index in [0.29, 0.717) is 6.07 Å². The Hall–Kier alpha value is -0.910. The molecule has 1 rings (SSSR count). The number of alkyl halides is 6. The molecule has 0 aliphatic rings. The van der Waals surface area contributed by atoms with Gasteiger partial charge >= 0.3 is 12.4 Å². The zero-order valence-electron chi connectivity index (χ0n) is 9.80. The van der Waals surface area contributed by atoms with Gasteiger partial charge in [-0.25, -0.2) is 0 Å². The normalized spacial score (nSPS) is 11.9. The molecule has 0 bridgehead atoms. The summed E-state index contributed by atoms with van der Waals surface area (Å²) >= 11 is 5.31. The van der Waals surface area contributed by atoms with Gasteiger partial charge in [0.25, 0.3) is 0 Å². The van der Waals surface area contributed by atoms with Gasteiger partial charge in [-0.3, -0.25) is 0 Å². The Morgan fingerprint density at radius 2 is 1.33 bits per heavy atom. The van der Waals surface area contributed by atoms with E-state index in [1.54, 1.807) is 0 Å². The van der Waals surface area contributed by atoms with Crippen LogP contribution in [-0.4, -0.2) is 0 Å². The van der Waals surface area contributed by atoms with Crippen molar-refractivity contribution >= 4 is 11.6 Å². The Labute approximate surface area is 106 Å². The van der Waals surface area contributed by atoms with E-state index in [0.717, 1.165) is 6.92 Å². The lowest BCUT2D eigenvalue weighted by Crippen LogP contribution is -2.12. The number of hydrogen-bond acceptors (Lipinski definition) is 0. The molecule has 0 saturated heterocycles. The van der Waals surface area contributed by atoms with Crippen LogP contribution in [0.3, 0.4) is 0 Å². The fraction of sp³-hybridized carbons (Fsp3) is 0.455. The Bertz CT molecular complexity index is 405. The number of rotatable bonds is 0. The number of hydrogen-bond donors (Lipinski definition) is 0. The van der Waals surface area contributed by atoms with E-state index in [2.05, 4.69) is 0 Å². The predicted octanol–water partition coefficient (Wildman–Crippen LogP) is 5.71. The van der Waals surface area contributed by atoms with Crippen LogP contribution in [0.5, 0.6) is 0 Å². The Kier molecular flexibility index (Phi) is 5.53. The summed E-state index contributed by atoms with van der Waals surface area (Å²) in [6.07, 6.45) is -9.72. The van der Waals surface area contributed by atoms with E-state index >= 15 is 0 Å². The maximum absolute atomic E-state index is 12.3. The fourth-order valence-electron chi connectivity index (χ4n) is 1.14. The third kappa shape index (κ3) is 4.08. The van der Waals surface area contributed by atoms with Crippen LogP contribution in [0, 0.1) is 6.92 Å². The van der Waals surface area contributed by atoms with Gasteiger partial charge in [0.1, 0.15) is 0 Å². The summed E-state index contributed by atoms with van der Waals surface area (Å²) < 4.78 is 73.8. The lowest BCUT2D eigenvalue weighted by molar-refractivity contribution is -0.143. The highest BCUT2D eigenvalue weighted by Crippen LogP contribution is 2.40. The van der Waals surface area contributed by atoms with Crippen LogP contribution in [0.25, 0.3) is 0 Å². The average molecular weight is 293 g/mol. The minimum Gasteiger partial charge on any atom is -0.166 e. The minimum atomic E-state index is -4.90. The second-order valence-corrected chi connectivity index (χ2v) is 3.53. The molecule has 18 heavy (non-hydrogen) atoms. The first-order valence-corrected chi connectivity index (χ1v) is 5.36. The van der Waals surface area contributed by atoms with Gasteiger partial charge < -0.3 is 0 Å². The highest BCUT2D eigenvalue weighted by atomic mass is 35.5. The lowest BCUT2D eigenvalue weighted by atomic mass is 10.1. The maximum atomic E-state index is 12.3. The molecule has 7 heteroatoms. The van der Waals surface area contributed by atoms with Crippen LogP contribution >= 0.6 is 11.6 Å². The van der Waals surface area contributed by atoms with Crippen molar-refractivity contribution in [3.8, 4) is 0 Å². The summed E-state index contributed by atoms with van der Waals surface area (Å²) in [4.78, 5) is 0. The van der Waals surface area contributed by atoms with Gasteiger partial charge in [0, 0.05) is 0 Å². The molecule has 0 heterocycles. The van der Waals surface area contributed by atoms with Crippen molar-refractivity contribution in [1.82, 2.24) is 0 Å². The second kappa shape index (κ2) is 5.82. The molecule has 0 amide bonds. The smallest absolute Gasteiger partial charge is 0.166 e. The monoisotopic (exact) mass is 292 g/mol. The van der Waals surface area contributed by atoms with E-state index < -0.39 is 28.5 Å². The highest BCUT2D eigenvalue weighted by molar-refractivity contribution is 6.32. The molecule has 0 aliphatic heterocycles. The molecule has 0 saturated carbocycles. The van der Waals surface area contributed by atoms with Crippen LogP contribution in [0.1, 0.15) is 30.5 Å². The summed E-state index contributed by atoms with van der Waals surface area (Å²) in [7, 11) is 0. The third-order valence-electron chi connectivity index (χ3n) is 1.89. The molecule has 0 spiro atoms. The Morgan fingerprint density at radius 1 is 0.889 bits per heavy atom. The molecule has 0 atom stereocenters. The molecule has 0 fully saturated rings. The van der Waals surface area contributed by atoms with E-state index in [1.807, 2.05) is 13.8 Å². The van der Waals surface area contributed by atoms with Crippen molar-refractivity contribution in [3.05, 3.63) is 33.8 Å². The first kappa shape index (κ1) is 17.1. The molecule has 0 N–H and O–H groups in total. The van der Waals surface area contributed by atoms with Crippen molar-refractivity contribution in [2.45, 2.75) is 33.1 Å². The molecule has 1 aromatic rings. The van der Waals surface area contributed by atoms with Crippen LogP contribution in [-0.2, 0) is 12.4 Å². The Morgan fingerprint density at radius 3 is 1.67 bits per heavy atom. The van der Waals surface area contributed by atoms with Gasteiger partial charge in [-0.05, 0) is 24.6 Å². The molecule has 0 radical (unpaired) electrons. The predicted molar refractivity (Wildman–Crippen MR) is 57.5 cm³/mol. The molecule has 0 unspecified atom stereocenters. The van der Waals surface area contributed by atoms with Gasteiger partial charge in [-0.2, -0.15) is 26.3 Å². The highest BCUT2D eigenvalue weighted by Gasteiger charge is 2.38. The third-order valence-corrected chi connectivity index (χ3v) is 2.39. The first-order valence-electron chi connectivity index (χ1n) is 4.98. The molecule has 0 aliphatic carbocycles. The van der Waals surface area contributed by atoms with E-state index in [9.17, 15) is 26.3 Å². The molecule has 0 aromatic heterocycles. The first-order chi connectivity index (χ1) is 8.03. The summed E-state index contributed by atoms with van der Waals surface area (Å²) in [5.41, 5.74) is -3.09. The quantitative estimate of drug-likeness (QED) is 0.537. The fourth-order valence-corrected chi connectivity index (χ4v) is 1.36. The van der Waals surface area contributed by atoms with Crippen LogP contribution in [0.4, 0.5) is 26.3 Å². The summed E-state index contributed by atoms with van der Waals surface area (Å²) in [5.74, 6) is 0. The molecular weight excluding hydrogens is 282 g/mol. The number of halogens is 7. The standard InChI is InChI=1S/C9H5ClF6.C2H6/c1-4-2-5(8(11,12)13)3-6(7(4)10)9(14,15)16;1-2/h2-3H,1H3;1-2H3. The Balaban J connectivity index is 0.00000137. The van der Waals surface area contributed by atoms with Gasteiger partial charge in [-0.15, -0.1) is 0 Å². The second-order valence-electron chi connectivity index (χ2n) is 3.15. The SMILES string of the molecule is CC.Cc1cc(C(F)(F)F)cc(C(F)(F)F)c1Cl. The van der Waals surface area contributed by atoms with Crippen LogP contribution in [0.2, 0.25) is 5.02 Å². The van der Waals surface area contributed by atoms with Crippen molar-refractivity contribution in [2.24, 2.45) is 0 Å². The van der Waals surface area contributed by atoms with Gasteiger partial charge in [0.05, 0.1) is 16.1 Å². The van der Waals surface area contributed by atoms with E-state index in [-0.39, 0.29) is 11.6 Å². The molecule has 0 nitrogen and oxygen atoms in total. The average Bonchev–Trinajstić information content (AvgIpc) is 2.21. The maximum Gasteiger partial charge on any atom is 0.417 e. The van der Waals surface area contributed by atoms with E-state index in [1.165, 1.54) is 0 Å². The minimum absolute atomic E-state index is 0.00926. The zero-order chi connectivity index (χ0) is 14.7. The van der Waals surface area contributed by atoms with Gasteiger partial charge in [0.2, 0.25) is 0 Å². The number of aryl methyl sites for hydroxylation is 1. The summed E-state index contributed by atoms with van der Waals surface area (Å²) in [5, 5.41) is -0.708. The van der Waals surface area contributed by atoms with Crippen molar-refractivity contribution in [1.29, 1.82) is 0 Å². The molecule has 1 aromatic carbocycles. The topological polar surface area (TPSA) is 0 Å². The van der Waals surface area contributed by atoms with E-state index in [4.69, 9.17) is 11.6 Å². The van der Waals surface area contributed by atoms with Crippen LogP contribution in [0.15, 0.2) is 12.1 Å². The number of benzene rings is 1. The largest absolute Gasteiger partial charge is 0.417 e. The van der Waals surface area contributed by atoms with Gasteiger partial charge in [0.15, 0.2) is 0 Å². The summed E-state index contributed by atoms with van der Waals surface area (Å²) in [6, 6.07) is 0.590. The zero-order valence-corrected chi connectivity index (χ0v) is 10.6. The van der Waals surface area contributed by atoms with Crippen molar-refractivity contribution in [2.75, 3.05) is 0 Å². The molecule has 104 valence electrons. The molecular formula is C11H11ClF6. The lowest BCUT2D eigenvalue weighted by Gasteiger charge is -2.14. The van der Waals surface area contributed by atoms with Gasteiger partial charge in [-0.1, -0.05) is 25.4 Å².